The zero-order valence-corrected chi connectivity index (χ0v) is 7.96. The standard InChI is InChI=1S/C8H6BrNO2/c1-8(9)6-5(7(11)12-8)3-2-4-10-6/h2-4H,1H3. The van der Waals surface area contributed by atoms with Crippen molar-refractivity contribution in [3.8, 4) is 0 Å². The van der Waals surface area contributed by atoms with Crippen LogP contribution < -0.4 is 0 Å². The van der Waals surface area contributed by atoms with Crippen LogP contribution in [0.4, 0.5) is 0 Å². The van der Waals surface area contributed by atoms with E-state index < -0.39 is 4.51 Å². The fourth-order valence-electron chi connectivity index (χ4n) is 1.20. The highest BCUT2D eigenvalue weighted by atomic mass is 79.9. The molecule has 0 aliphatic carbocycles. The normalized spacial score (nSPS) is 26.7. The van der Waals surface area contributed by atoms with Gasteiger partial charge >= 0.3 is 5.97 Å². The highest BCUT2D eigenvalue weighted by Crippen LogP contribution is 2.39. The van der Waals surface area contributed by atoms with E-state index in [0.717, 1.165) is 0 Å². The van der Waals surface area contributed by atoms with Crippen LogP contribution in [0.1, 0.15) is 23.0 Å². The number of alkyl halides is 1. The Morgan fingerprint density at radius 1 is 1.67 bits per heavy atom. The van der Waals surface area contributed by atoms with Gasteiger partial charge in [-0.3, -0.25) is 4.98 Å². The van der Waals surface area contributed by atoms with Crippen LogP contribution in [0.3, 0.4) is 0 Å². The van der Waals surface area contributed by atoms with Gasteiger partial charge in [0.2, 0.25) is 4.51 Å². The molecule has 0 aromatic carbocycles. The van der Waals surface area contributed by atoms with E-state index in [1.165, 1.54) is 0 Å². The van der Waals surface area contributed by atoms with Crippen molar-refractivity contribution in [1.29, 1.82) is 0 Å². The molecule has 0 fully saturated rings. The molecule has 1 aliphatic heterocycles. The van der Waals surface area contributed by atoms with Gasteiger partial charge < -0.3 is 4.74 Å². The number of hydrogen-bond acceptors (Lipinski definition) is 3. The van der Waals surface area contributed by atoms with E-state index >= 15 is 0 Å². The van der Waals surface area contributed by atoms with Gasteiger partial charge in [0, 0.05) is 6.20 Å². The van der Waals surface area contributed by atoms with E-state index in [2.05, 4.69) is 20.9 Å². The predicted octanol–water partition coefficient (Wildman–Crippen LogP) is 1.82. The Bertz CT molecular complexity index is 349. The summed E-state index contributed by atoms with van der Waals surface area (Å²) in [6.45, 7) is 1.75. The van der Waals surface area contributed by atoms with Gasteiger partial charge in [0.1, 0.15) is 5.69 Å². The lowest BCUT2D eigenvalue weighted by molar-refractivity contribution is 0.0350. The summed E-state index contributed by atoms with van der Waals surface area (Å²) >= 11 is 3.28. The molecule has 1 aromatic rings. The van der Waals surface area contributed by atoms with Crippen LogP contribution in [0, 0.1) is 0 Å². The highest BCUT2D eigenvalue weighted by Gasteiger charge is 2.40. The predicted molar refractivity (Wildman–Crippen MR) is 45.9 cm³/mol. The Morgan fingerprint density at radius 2 is 2.42 bits per heavy atom. The van der Waals surface area contributed by atoms with Crippen LogP contribution >= 0.6 is 15.9 Å². The Labute approximate surface area is 77.9 Å². The van der Waals surface area contributed by atoms with Crippen molar-refractivity contribution >= 4 is 21.9 Å². The van der Waals surface area contributed by atoms with Gasteiger partial charge in [-0.25, -0.2) is 4.79 Å². The van der Waals surface area contributed by atoms with E-state index in [1.54, 1.807) is 25.3 Å². The number of fused-ring (bicyclic) bond motifs is 1. The molecule has 3 nitrogen and oxygen atoms in total. The monoisotopic (exact) mass is 227 g/mol. The zero-order valence-electron chi connectivity index (χ0n) is 6.37. The Balaban J connectivity index is 2.66. The fourth-order valence-corrected chi connectivity index (χ4v) is 1.67. The van der Waals surface area contributed by atoms with Crippen LogP contribution in [0.25, 0.3) is 0 Å². The summed E-state index contributed by atoms with van der Waals surface area (Å²) in [5, 5.41) is 0. The molecular formula is C8H6BrNO2. The van der Waals surface area contributed by atoms with E-state index in [-0.39, 0.29) is 5.97 Å². The van der Waals surface area contributed by atoms with E-state index in [4.69, 9.17) is 4.74 Å². The van der Waals surface area contributed by atoms with E-state index in [0.29, 0.717) is 11.3 Å². The number of rotatable bonds is 0. The molecule has 12 heavy (non-hydrogen) atoms. The van der Waals surface area contributed by atoms with Crippen molar-refractivity contribution in [2.45, 2.75) is 11.4 Å². The summed E-state index contributed by atoms with van der Waals surface area (Å²) in [5.74, 6) is -0.322. The minimum absolute atomic E-state index is 0.322. The minimum Gasteiger partial charge on any atom is -0.438 e. The molecule has 0 saturated carbocycles. The highest BCUT2D eigenvalue weighted by molar-refractivity contribution is 9.09. The van der Waals surface area contributed by atoms with Gasteiger partial charge in [-0.2, -0.15) is 0 Å². The summed E-state index contributed by atoms with van der Waals surface area (Å²) in [6, 6.07) is 3.42. The Morgan fingerprint density at radius 3 is 3.08 bits per heavy atom. The number of halogens is 1. The van der Waals surface area contributed by atoms with Gasteiger partial charge in [-0.05, 0) is 35.0 Å². The van der Waals surface area contributed by atoms with E-state index in [9.17, 15) is 4.79 Å². The maximum Gasteiger partial charge on any atom is 0.341 e. The molecule has 1 aliphatic rings. The first-order valence-corrected chi connectivity index (χ1v) is 4.28. The molecule has 0 saturated heterocycles. The third kappa shape index (κ3) is 0.948. The van der Waals surface area contributed by atoms with Crippen LogP contribution in [0.2, 0.25) is 0 Å². The molecular weight excluding hydrogens is 222 g/mol. The first-order chi connectivity index (χ1) is 5.61. The van der Waals surface area contributed by atoms with Gasteiger partial charge in [-0.1, -0.05) is 0 Å². The average Bonchev–Trinajstić information content (AvgIpc) is 2.25. The van der Waals surface area contributed by atoms with E-state index in [1.807, 2.05) is 0 Å². The second-order valence-corrected chi connectivity index (χ2v) is 4.22. The van der Waals surface area contributed by atoms with Crippen molar-refractivity contribution in [3.63, 3.8) is 0 Å². The number of hydrogen-bond donors (Lipinski definition) is 0. The van der Waals surface area contributed by atoms with Gasteiger partial charge in [0.05, 0.1) is 5.56 Å². The fraction of sp³-hybridized carbons (Fsp3) is 0.250. The lowest BCUT2D eigenvalue weighted by Gasteiger charge is -2.13. The molecule has 0 spiro atoms. The third-order valence-electron chi connectivity index (χ3n) is 1.73. The summed E-state index contributed by atoms with van der Waals surface area (Å²) in [4.78, 5) is 15.3. The molecule has 1 unspecified atom stereocenters. The molecule has 0 bridgehead atoms. The van der Waals surface area contributed by atoms with Crippen molar-refractivity contribution in [2.75, 3.05) is 0 Å². The molecule has 1 aromatic heterocycles. The van der Waals surface area contributed by atoms with Gasteiger partial charge in [0.15, 0.2) is 0 Å². The first kappa shape index (κ1) is 7.73. The quantitative estimate of drug-likeness (QED) is 0.502. The smallest absolute Gasteiger partial charge is 0.341 e. The van der Waals surface area contributed by atoms with Crippen molar-refractivity contribution in [2.24, 2.45) is 0 Å². The molecule has 4 heteroatoms. The number of carbonyl (C=O) groups is 1. The topological polar surface area (TPSA) is 39.2 Å². The largest absolute Gasteiger partial charge is 0.438 e. The van der Waals surface area contributed by atoms with Crippen molar-refractivity contribution in [3.05, 3.63) is 29.6 Å². The van der Waals surface area contributed by atoms with Crippen LogP contribution in [0.15, 0.2) is 18.3 Å². The number of aromatic nitrogens is 1. The van der Waals surface area contributed by atoms with Crippen LogP contribution in [-0.2, 0) is 9.25 Å². The summed E-state index contributed by atoms with van der Waals surface area (Å²) in [7, 11) is 0. The summed E-state index contributed by atoms with van der Waals surface area (Å²) in [6.07, 6.45) is 1.64. The van der Waals surface area contributed by atoms with Crippen molar-refractivity contribution < 1.29 is 9.53 Å². The molecule has 0 radical (unpaired) electrons. The number of pyridine rings is 1. The summed E-state index contributed by atoms with van der Waals surface area (Å²) in [5.41, 5.74) is 1.19. The third-order valence-corrected chi connectivity index (χ3v) is 2.27. The maximum absolute atomic E-state index is 11.2. The lowest BCUT2D eigenvalue weighted by Crippen LogP contribution is -2.12. The molecule has 1 atom stereocenters. The maximum atomic E-state index is 11.2. The Kier molecular flexibility index (Phi) is 1.48. The van der Waals surface area contributed by atoms with Gasteiger partial charge in [-0.15, -0.1) is 0 Å². The first-order valence-electron chi connectivity index (χ1n) is 3.49. The number of nitrogens with zero attached hydrogens (tertiary/aromatic N) is 1. The Hall–Kier alpha value is -0.900. The molecule has 0 amide bonds. The average molecular weight is 228 g/mol. The zero-order chi connectivity index (χ0) is 8.77. The number of ether oxygens (including phenoxy) is 1. The van der Waals surface area contributed by atoms with Crippen LogP contribution in [0.5, 0.6) is 0 Å². The molecule has 62 valence electrons. The van der Waals surface area contributed by atoms with Gasteiger partial charge in [0.25, 0.3) is 0 Å². The van der Waals surface area contributed by atoms with Crippen molar-refractivity contribution in [1.82, 2.24) is 4.98 Å². The number of cyclic esters (lactones) is 1. The minimum atomic E-state index is -0.749. The second kappa shape index (κ2) is 2.29. The molecule has 2 rings (SSSR count). The van der Waals surface area contributed by atoms with Crippen LogP contribution in [-0.4, -0.2) is 11.0 Å². The number of carbonyl (C=O) groups excluding carboxylic acids is 1. The number of esters is 1. The summed E-state index contributed by atoms with van der Waals surface area (Å²) < 4.78 is 4.29. The SMILES string of the molecule is CC1(Br)OC(=O)c2cccnc21. The second-order valence-electron chi connectivity index (χ2n) is 2.71. The lowest BCUT2D eigenvalue weighted by atomic mass is 10.2. The molecule has 2 heterocycles. The molecule has 0 N–H and O–H groups in total.